The van der Waals surface area contributed by atoms with Crippen molar-refractivity contribution in [2.24, 2.45) is 23.7 Å². The molecular weight excluding hydrogens is 993 g/mol. The Kier molecular flexibility index (Phi) is 25.5. The summed E-state index contributed by atoms with van der Waals surface area (Å²) in [6, 6.07) is 37.2. The van der Waals surface area contributed by atoms with Gasteiger partial charge in [0.05, 0.1) is 37.5 Å². The molecule has 0 radical (unpaired) electrons. The van der Waals surface area contributed by atoms with Gasteiger partial charge in [0.2, 0.25) is 0 Å². The number of aromatic nitrogens is 2. The molecule has 0 bridgehead atoms. The van der Waals surface area contributed by atoms with E-state index in [-0.39, 0.29) is 0 Å². The molecule has 9 nitrogen and oxygen atoms in total. The second kappa shape index (κ2) is 33.3. The molecule has 0 aliphatic heterocycles. The number of unbranched alkanes of at least 4 members (excludes halogenated alkanes) is 4. The molecule has 0 aliphatic carbocycles. The fraction of sp³-hybridized carbons (Fsp3) is 0.493. The predicted octanol–water partition coefficient (Wildman–Crippen LogP) is 19.6. The van der Waals surface area contributed by atoms with Gasteiger partial charge >= 0.3 is 0 Å². The SMILES string of the molecule is CCCCC(CC)COc1cc(COc2cc(COc3ccc(-c4cc5cccnc5c5ncccc45)cc3)cc(OCc3cc(OCC(CC)CCCC)cc(OCC(CC)CCCC)c3)c2)cc(OCC(CC)CCCC)c1. The van der Waals surface area contributed by atoms with Gasteiger partial charge in [-0.05, 0) is 144 Å². The van der Waals surface area contributed by atoms with E-state index in [0.717, 1.165) is 130 Å². The molecule has 0 aliphatic rings. The van der Waals surface area contributed by atoms with Crippen molar-refractivity contribution in [3.05, 3.63) is 138 Å². The maximum atomic E-state index is 6.75. The first-order valence-corrected chi connectivity index (χ1v) is 30.8. The molecule has 0 amide bonds. The lowest BCUT2D eigenvalue weighted by atomic mass is 9.98. The summed E-state index contributed by atoms with van der Waals surface area (Å²) < 4.78 is 46.3. The Hall–Kier alpha value is -6.48. The van der Waals surface area contributed by atoms with Crippen LogP contribution in [0.2, 0.25) is 0 Å². The lowest BCUT2D eigenvalue weighted by Gasteiger charge is -2.19. The van der Waals surface area contributed by atoms with Crippen molar-refractivity contribution in [3.8, 4) is 51.4 Å². The van der Waals surface area contributed by atoms with Crippen LogP contribution in [0.5, 0.6) is 40.2 Å². The monoisotopic (exact) mass is 1090 g/mol. The van der Waals surface area contributed by atoms with Gasteiger partial charge in [0, 0.05) is 41.4 Å². The minimum Gasteiger partial charge on any atom is -0.493 e. The molecule has 0 fully saturated rings. The van der Waals surface area contributed by atoms with Crippen molar-refractivity contribution in [1.29, 1.82) is 0 Å². The summed E-state index contributed by atoms with van der Waals surface area (Å²) in [5.41, 5.74) is 6.82. The topological polar surface area (TPSA) is 90.4 Å². The summed E-state index contributed by atoms with van der Waals surface area (Å²) in [5.74, 6) is 7.34. The summed E-state index contributed by atoms with van der Waals surface area (Å²) in [5, 5.41) is 2.11. The molecule has 7 aromatic rings. The third-order valence-corrected chi connectivity index (χ3v) is 15.8. The first-order chi connectivity index (χ1) is 39.2. The summed E-state index contributed by atoms with van der Waals surface area (Å²) in [6.07, 6.45) is 22.2. The third kappa shape index (κ3) is 19.1. The molecular formula is C71H94N2O7. The Morgan fingerprint density at radius 3 is 1.07 bits per heavy atom. The predicted molar refractivity (Wildman–Crippen MR) is 330 cm³/mol. The quantitative estimate of drug-likeness (QED) is 0.0351. The second-order valence-corrected chi connectivity index (χ2v) is 22.1. The smallest absolute Gasteiger partial charge is 0.123 e. The summed E-state index contributed by atoms with van der Waals surface area (Å²) in [7, 11) is 0. The molecule has 9 heteroatoms. The largest absolute Gasteiger partial charge is 0.493 e. The number of hydrogen-bond acceptors (Lipinski definition) is 9. The van der Waals surface area contributed by atoms with Crippen LogP contribution in [-0.4, -0.2) is 36.4 Å². The maximum absolute atomic E-state index is 6.75. The lowest BCUT2D eigenvalue weighted by molar-refractivity contribution is 0.221. The van der Waals surface area contributed by atoms with Gasteiger partial charge in [-0.3, -0.25) is 9.97 Å². The van der Waals surface area contributed by atoms with Crippen LogP contribution in [0.25, 0.3) is 32.9 Å². The molecule has 2 aromatic heterocycles. The fourth-order valence-corrected chi connectivity index (χ4v) is 10.3. The van der Waals surface area contributed by atoms with Gasteiger partial charge in [0.15, 0.2) is 0 Å². The van der Waals surface area contributed by atoms with E-state index >= 15 is 0 Å². The van der Waals surface area contributed by atoms with Crippen LogP contribution in [0.3, 0.4) is 0 Å². The normalized spacial score (nSPS) is 12.9. The van der Waals surface area contributed by atoms with Crippen LogP contribution in [0, 0.1) is 23.7 Å². The van der Waals surface area contributed by atoms with E-state index in [1.165, 1.54) is 51.4 Å². The van der Waals surface area contributed by atoms with E-state index in [0.29, 0.717) is 81.4 Å². The summed E-state index contributed by atoms with van der Waals surface area (Å²) in [4.78, 5) is 9.39. The number of pyridine rings is 2. The van der Waals surface area contributed by atoms with E-state index in [1.807, 2.05) is 54.9 Å². The molecule has 0 spiro atoms. The van der Waals surface area contributed by atoms with Gasteiger partial charge in [0.1, 0.15) is 60.1 Å². The van der Waals surface area contributed by atoms with Crippen LogP contribution in [0.4, 0.5) is 0 Å². The number of fused-ring (bicyclic) bond motifs is 3. The van der Waals surface area contributed by atoms with Gasteiger partial charge in [0.25, 0.3) is 0 Å². The van der Waals surface area contributed by atoms with E-state index in [2.05, 4.69) is 127 Å². The highest BCUT2D eigenvalue weighted by molar-refractivity contribution is 6.10. The summed E-state index contributed by atoms with van der Waals surface area (Å²) >= 11 is 0. The van der Waals surface area contributed by atoms with Crippen molar-refractivity contribution in [2.45, 2.75) is 178 Å². The van der Waals surface area contributed by atoms with Gasteiger partial charge in [-0.1, -0.05) is 157 Å². The number of ether oxygens (including phenoxy) is 7. The maximum Gasteiger partial charge on any atom is 0.123 e. The Morgan fingerprint density at radius 1 is 0.350 bits per heavy atom. The zero-order chi connectivity index (χ0) is 56.3. The Labute approximate surface area is 480 Å². The van der Waals surface area contributed by atoms with Crippen LogP contribution in [0.15, 0.2) is 122 Å². The molecule has 5 aromatic carbocycles. The minimum atomic E-state index is 0.296. The van der Waals surface area contributed by atoms with Crippen molar-refractivity contribution >= 4 is 21.8 Å². The average Bonchev–Trinajstić information content (AvgIpc) is 3.60. The number of benzene rings is 5. The zero-order valence-electron chi connectivity index (χ0n) is 49.9. The Bertz CT molecular complexity index is 2720. The molecule has 80 heavy (non-hydrogen) atoms. The second-order valence-electron chi connectivity index (χ2n) is 22.1. The van der Waals surface area contributed by atoms with Crippen LogP contribution in [-0.2, 0) is 19.8 Å². The Balaban J connectivity index is 1.15. The van der Waals surface area contributed by atoms with E-state index in [9.17, 15) is 0 Å². The summed E-state index contributed by atoms with van der Waals surface area (Å²) in [6.45, 7) is 21.7. The third-order valence-electron chi connectivity index (χ3n) is 15.8. The van der Waals surface area contributed by atoms with E-state index in [1.54, 1.807) is 0 Å². The van der Waals surface area contributed by atoms with E-state index in [4.69, 9.17) is 38.1 Å². The average molecular weight is 1090 g/mol. The van der Waals surface area contributed by atoms with Gasteiger partial charge in [-0.2, -0.15) is 0 Å². The first-order valence-electron chi connectivity index (χ1n) is 30.8. The number of hydrogen-bond donors (Lipinski definition) is 0. The van der Waals surface area contributed by atoms with Gasteiger partial charge < -0.3 is 33.2 Å². The van der Waals surface area contributed by atoms with Crippen molar-refractivity contribution in [1.82, 2.24) is 9.97 Å². The molecule has 430 valence electrons. The first kappa shape index (κ1) is 61.1. The van der Waals surface area contributed by atoms with Crippen molar-refractivity contribution < 1.29 is 33.2 Å². The molecule has 0 saturated heterocycles. The van der Waals surface area contributed by atoms with Gasteiger partial charge in [-0.25, -0.2) is 0 Å². The molecule has 2 heterocycles. The van der Waals surface area contributed by atoms with E-state index < -0.39 is 0 Å². The highest BCUT2D eigenvalue weighted by Crippen LogP contribution is 2.35. The Morgan fingerprint density at radius 2 is 0.700 bits per heavy atom. The van der Waals surface area contributed by atoms with Crippen LogP contribution in [0.1, 0.15) is 175 Å². The van der Waals surface area contributed by atoms with Crippen LogP contribution >= 0.6 is 0 Å². The van der Waals surface area contributed by atoms with Crippen molar-refractivity contribution in [3.63, 3.8) is 0 Å². The highest BCUT2D eigenvalue weighted by Gasteiger charge is 2.17. The molecule has 0 saturated carbocycles. The molecule has 7 rings (SSSR count). The minimum absolute atomic E-state index is 0.296. The number of rotatable bonds is 38. The number of nitrogens with zero attached hydrogens (tertiary/aromatic N) is 2. The standard InChI is InChI=1S/C71H94N2O7/c1-9-17-23-52(13-5)45-75-62-37-57(38-63(42-62)76-46-53(14-6)24-18-10-2)50-79-66-35-56(49-74-61-31-29-59(30-32-61)69-41-60-27-21-33-72-70(60)71-68(69)28-22-34-73-71)36-67(44-66)80-51-58-39-64(77-47-54(15-7)25-19-11-3)43-65(40-58)78-48-55(16-8)26-20-12-4/h21-22,27-44,52-55H,9-20,23-26,45-51H2,1-8H3. The van der Waals surface area contributed by atoms with Crippen LogP contribution < -0.4 is 33.2 Å². The fourth-order valence-electron chi connectivity index (χ4n) is 10.3. The lowest BCUT2D eigenvalue weighted by Crippen LogP contribution is -2.13. The zero-order valence-corrected chi connectivity index (χ0v) is 49.9. The highest BCUT2D eigenvalue weighted by atomic mass is 16.5. The molecule has 4 atom stereocenters. The van der Waals surface area contributed by atoms with Crippen molar-refractivity contribution in [2.75, 3.05) is 26.4 Å². The molecule has 4 unspecified atom stereocenters. The van der Waals surface area contributed by atoms with Gasteiger partial charge in [-0.15, -0.1) is 0 Å². The molecule has 0 N–H and O–H groups in total.